The van der Waals surface area contributed by atoms with E-state index >= 15 is 0 Å². The van der Waals surface area contributed by atoms with Gasteiger partial charge in [-0.25, -0.2) is 4.39 Å². The Balaban J connectivity index is 1.97. The van der Waals surface area contributed by atoms with Gasteiger partial charge in [-0.15, -0.1) is 0 Å². The lowest BCUT2D eigenvalue weighted by Crippen LogP contribution is -2.14. The topological polar surface area (TPSA) is 46.9 Å². The first-order chi connectivity index (χ1) is 12.2. The summed E-state index contributed by atoms with van der Waals surface area (Å²) in [6.45, 7) is 0. The lowest BCUT2D eigenvalue weighted by molar-refractivity contribution is 0.627. The minimum atomic E-state index is -0.337. The fraction of sp³-hybridized carbons (Fsp3) is 0.100. The van der Waals surface area contributed by atoms with Crippen LogP contribution in [0.25, 0.3) is 16.6 Å². The number of nitrogens with one attached hydrogen (secondary N) is 1. The molecule has 1 N–H and O–H groups in total. The minimum Gasteiger partial charge on any atom is -0.342 e. The van der Waals surface area contributed by atoms with Crippen molar-refractivity contribution in [2.75, 3.05) is 5.32 Å². The zero-order chi connectivity index (χ0) is 17.2. The molecule has 0 saturated heterocycles. The molecule has 124 valence electrons. The van der Waals surface area contributed by atoms with Crippen LogP contribution >= 0.6 is 0 Å². The molecule has 3 aromatic rings. The highest BCUT2D eigenvalue weighted by Crippen LogP contribution is 2.24. The number of anilines is 1. The van der Waals surface area contributed by atoms with Gasteiger partial charge in [-0.1, -0.05) is 18.2 Å². The average Bonchev–Trinajstić information content (AvgIpc) is 2.63. The van der Waals surface area contributed by atoms with E-state index in [9.17, 15) is 9.18 Å². The summed E-state index contributed by atoms with van der Waals surface area (Å²) >= 11 is 0. The predicted molar refractivity (Wildman–Crippen MR) is 97.4 cm³/mol. The molecule has 1 aliphatic carbocycles. The molecule has 0 amide bonds. The Hall–Kier alpha value is -3.21. The molecule has 0 spiro atoms. The molecule has 0 radical (unpaired) electrons. The van der Waals surface area contributed by atoms with Gasteiger partial charge in [0, 0.05) is 23.3 Å². The second-order valence-electron chi connectivity index (χ2n) is 5.87. The van der Waals surface area contributed by atoms with Crippen LogP contribution in [0.3, 0.4) is 0 Å². The van der Waals surface area contributed by atoms with E-state index in [0.29, 0.717) is 22.4 Å². The first-order valence-electron chi connectivity index (χ1n) is 8.12. The first-order valence-corrected chi connectivity index (χ1v) is 8.12. The van der Waals surface area contributed by atoms with Crippen LogP contribution in [0.5, 0.6) is 0 Å². The van der Waals surface area contributed by atoms with Crippen LogP contribution in [0.2, 0.25) is 0 Å². The van der Waals surface area contributed by atoms with E-state index in [1.807, 2.05) is 10.6 Å². The van der Waals surface area contributed by atoms with Gasteiger partial charge in [0.1, 0.15) is 11.6 Å². The van der Waals surface area contributed by atoms with Gasteiger partial charge in [0.25, 0.3) is 0 Å². The summed E-state index contributed by atoms with van der Waals surface area (Å²) in [4.78, 5) is 16.6. The standard InChI is InChI=1S/C20H16FN3O/c21-14-5-4-8-16(11-14)24-18-13-22-10-9-17(18)19(25)12-20(24)23-15-6-2-1-3-7-15/h2,4-13,23H,1,3H2. The summed E-state index contributed by atoms with van der Waals surface area (Å²) in [5, 5.41) is 3.83. The quantitative estimate of drug-likeness (QED) is 0.782. The molecule has 1 aliphatic rings. The number of pyridine rings is 2. The van der Waals surface area contributed by atoms with E-state index in [-0.39, 0.29) is 11.2 Å². The number of aromatic nitrogens is 2. The van der Waals surface area contributed by atoms with Crippen molar-refractivity contribution < 1.29 is 4.39 Å². The number of allylic oxidation sites excluding steroid dienone is 3. The number of nitrogens with zero attached hydrogens (tertiary/aromatic N) is 2. The maximum atomic E-state index is 13.8. The molecule has 2 aromatic heterocycles. The van der Waals surface area contributed by atoms with Crippen molar-refractivity contribution in [3.8, 4) is 5.69 Å². The first kappa shape index (κ1) is 15.3. The lowest BCUT2D eigenvalue weighted by Gasteiger charge is -2.19. The summed E-state index contributed by atoms with van der Waals surface area (Å²) in [6.07, 6.45) is 11.3. The minimum absolute atomic E-state index is 0.104. The second kappa shape index (κ2) is 6.36. The Morgan fingerprint density at radius 3 is 2.88 bits per heavy atom. The van der Waals surface area contributed by atoms with Crippen LogP contribution < -0.4 is 10.7 Å². The van der Waals surface area contributed by atoms with Crippen molar-refractivity contribution in [1.82, 2.24) is 9.55 Å². The van der Waals surface area contributed by atoms with Gasteiger partial charge in [-0.3, -0.25) is 14.3 Å². The van der Waals surface area contributed by atoms with Gasteiger partial charge >= 0.3 is 0 Å². The Kier molecular flexibility index (Phi) is 3.90. The van der Waals surface area contributed by atoms with E-state index in [1.165, 1.54) is 18.2 Å². The summed E-state index contributed by atoms with van der Waals surface area (Å²) < 4.78 is 15.6. The molecular weight excluding hydrogens is 317 g/mol. The lowest BCUT2D eigenvalue weighted by atomic mass is 10.1. The van der Waals surface area contributed by atoms with Crippen molar-refractivity contribution in [2.45, 2.75) is 12.8 Å². The van der Waals surface area contributed by atoms with Crippen LogP contribution in [0.4, 0.5) is 10.2 Å². The van der Waals surface area contributed by atoms with E-state index in [1.54, 1.807) is 30.6 Å². The van der Waals surface area contributed by atoms with Crippen molar-refractivity contribution in [3.05, 3.63) is 88.8 Å². The molecule has 25 heavy (non-hydrogen) atoms. The summed E-state index contributed by atoms with van der Waals surface area (Å²) in [6, 6.07) is 9.50. The van der Waals surface area contributed by atoms with Crippen molar-refractivity contribution in [2.24, 2.45) is 0 Å². The normalized spacial score (nSPS) is 13.7. The molecule has 0 unspecified atom stereocenters. The molecule has 5 heteroatoms. The maximum Gasteiger partial charge on any atom is 0.191 e. The highest BCUT2D eigenvalue weighted by Gasteiger charge is 2.12. The molecule has 0 aliphatic heterocycles. The number of hydrogen-bond donors (Lipinski definition) is 1. The van der Waals surface area contributed by atoms with Crippen molar-refractivity contribution in [3.63, 3.8) is 0 Å². The highest BCUT2D eigenvalue weighted by atomic mass is 19.1. The Bertz CT molecular complexity index is 1070. The smallest absolute Gasteiger partial charge is 0.191 e. The van der Waals surface area contributed by atoms with Gasteiger partial charge < -0.3 is 5.32 Å². The van der Waals surface area contributed by atoms with E-state index < -0.39 is 0 Å². The van der Waals surface area contributed by atoms with Crippen molar-refractivity contribution in [1.29, 1.82) is 0 Å². The largest absolute Gasteiger partial charge is 0.342 e. The molecule has 2 heterocycles. The number of rotatable bonds is 3. The Morgan fingerprint density at radius 1 is 1.16 bits per heavy atom. The highest BCUT2D eigenvalue weighted by molar-refractivity contribution is 5.82. The molecule has 0 fully saturated rings. The molecule has 4 rings (SSSR count). The van der Waals surface area contributed by atoms with Crippen molar-refractivity contribution >= 4 is 16.7 Å². The third-order valence-electron chi connectivity index (χ3n) is 4.15. The van der Waals surface area contributed by atoms with Gasteiger partial charge in [-0.2, -0.15) is 0 Å². The number of halogens is 1. The fourth-order valence-corrected chi connectivity index (χ4v) is 3.01. The number of hydrogen-bond acceptors (Lipinski definition) is 3. The van der Waals surface area contributed by atoms with E-state index in [0.717, 1.165) is 18.5 Å². The SMILES string of the molecule is O=c1cc(NC2=CCCC=C2)n(-c2cccc(F)c2)c2cnccc12. The summed E-state index contributed by atoms with van der Waals surface area (Å²) in [5.74, 6) is 0.241. The molecule has 1 aromatic carbocycles. The third kappa shape index (κ3) is 2.96. The zero-order valence-corrected chi connectivity index (χ0v) is 13.4. The molecule has 0 saturated carbocycles. The van der Waals surface area contributed by atoms with E-state index in [4.69, 9.17) is 0 Å². The third-order valence-corrected chi connectivity index (χ3v) is 4.15. The molecule has 0 atom stereocenters. The predicted octanol–water partition coefficient (Wildman–Crippen LogP) is 4.17. The zero-order valence-electron chi connectivity index (χ0n) is 13.4. The second-order valence-corrected chi connectivity index (χ2v) is 5.87. The maximum absolute atomic E-state index is 13.8. The monoisotopic (exact) mass is 333 g/mol. The van der Waals surface area contributed by atoms with Crippen LogP contribution in [-0.4, -0.2) is 9.55 Å². The van der Waals surface area contributed by atoms with Gasteiger partial charge in [0.05, 0.1) is 17.4 Å². The molecular formula is C20H16FN3O. The van der Waals surface area contributed by atoms with Gasteiger partial charge in [-0.05, 0) is 43.2 Å². The van der Waals surface area contributed by atoms with Crippen LogP contribution in [0.15, 0.2) is 77.5 Å². The molecule has 4 nitrogen and oxygen atoms in total. The van der Waals surface area contributed by atoms with Crippen LogP contribution in [-0.2, 0) is 0 Å². The Labute approximate surface area is 144 Å². The van der Waals surface area contributed by atoms with Crippen LogP contribution in [0, 0.1) is 5.82 Å². The summed E-state index contributed by atoms with van der Waals surface area (Å²) in [7, 11) is 0. The number of fused-ring (bicyclic) bond motifs is 1. The Morgan fingerprint density at radius 2 is 2.08 bits per heavy atom. The average molecular weight is 333 g/mol. The summed E-state index contributed by atoms with van der Waals surface area (Å²) in [5.41, 5.74) is 2.07. The molecule has 0 bridgehead atoms. The van der Waals surface area contributed by atoms with Gasteiger partial charge in [0.15, 0.2) is 5.43 Å². The number of benzene rings is 1. The van der Waals surface area contributed by atoms with Crippen LogP contribution in [0.1, 0.15) is 12.8 Å². The van der Waals surface area contributed by atoms with Gasteiger partial charge in [0.2, 0.25) is 0 Å². The van der Waals surface area contributed by atoms with E-state index in [2.05, 4.69) is 22.5 Å². The fourth-order valence-electron chi connectivity index (χ4n) is 3.01.